The molecule has 21 heavy (non-hydrogen) atoms. The zero-order chi connectivity index (χ0) is 15.1. The van der Waals surface area contributed by atoms with Crippen molar-refractivity contribution in [2.75, 3.05) is 25.7 Å². The molecule has 0 spiro atoms. The Morgan fingerprint density at radius 2 is 1.10 bits per heavy atom. The van der Waals surface area contributed by atoms with Gasteiger partial charge in [-0.1, -0.05) is 0 Å². The summed E-state index contributed by atoms with van der Waals surface area (Å²) in [4.78, 5) is 1.50. The minimum atomic E-state index is 0. The fourth-order valence-electron chi connectivity index (χ4n) is 1.30. The quantitative estimate of drug-likeness (QED) is 0.370. The third kappa shape index (κ3) is 6.50. The van der Waals surface area contributed by atoms with Crippen LogP contribution in [0.1, 0.15) is 0 Å². The topological polar surface area (TPSA) is 70.5 Å². The van der Waals surface area contributed by atoms with E-state index in [0.29, 0.717) is 11.4 Å². The van der Waals surface area contributed by atoms with Crippen LogP contribution in [0.15, 0.2) is 46.2 Å². The summed E-state index contributed by atoms with van der Waals surface area (Å²) in [5.41, 5.74) is 12.4. The van der Waals surface area contributed by atoms with E-state index < -0.39 is 0 Å². The first-order valence-corrected chi connectivity index (χ1v) is 6.62. The van der Waals surface area contributed by atoms with Gasteiger partial charge in [-0.25, -0.2) is 0 Å². The van der Waals surface area contributed by atoms with Crippen LogP contribution in [-0.4, -0.2) is 14.2 Å². The van der Waals surface area contributed by atoms with Crippen LogP contribution in [0.2, 0.25) is 0 Å². The van der Waals surface area contributed by atoms with Crippen molar-refractivity contribution in [2.45, 2.75) is 9.79 Å². The van der Waals surface area contributed by atoms with Gasteiger partial charge >= 0.3 is 0 Å². The fraction of sp³-hybridized carbons (Fsp3) is 0.143. The molecular formula is C14H18N2O2S2Zn. The van der Waals surface area contributed by atoms with Gasteiger partial charge in [0, 0.05) is 40.6 Å². The van der Waals surface area contributed by atoms with Crippen LogP contribution in [0.3, 0.4) is 0 Å². The number of rotatable bonds is 2. The second-order valence-corrected chi connectivity index (χ2v) is 4.81. The number of benzene rings is 2. The summed E-state index contributed by atoms with van der Waals surface area (Å²) < 4.78 is 9.89. The maximum absolute atomic E-state index is 5.51. The largest absolute Gasteiger partial charge is 0.497 e. The van der Waals surface area contributed by atoms with Crippen LogP contribution < -0.4 is 20.9 Å². The van der Waals surface area contributed by atoms with Crippen LogP contribution in [0.4, 0.5) is 11.4 Å². The molecule has 0 atom stereocenters. The van der Waals surface area contributed by atoms with Crippen molar-refractivity contribution in [3.63, 3.8) is 0 Å². The number of hydrogen-bond donors (Lipinski definition) is 4. The van der Waals surface area contributed by atoms with Crippen molar-refractivity contribution in [1.29, 1.82) is 0 Å². The van der Waals surface area contributed by atoms with Crippen molar-refractivity contribution in [1.82, 2.24) is 0 Å². The molecule has 4 nitrogen and oxygen atoms in total. The molecule has 0 bridgehead atoms. The molecule has 0 amide bonds. The van der Waals surface area contributed by atoms with E-state index in [2.05, 4.69) is 25.3 Å². The summed E-state index contributed by atoms with van der Waals surface area (Å²) in [5, 5.41) is 0. The van der Waals surface area contributed by atoms with Gasteiger partial charge in [-0.2, -0.15) is 0 Å². The first-order chi connectivity index (χ1) is 9.47. The predicted molar refractivity (Wildman–Crippen MR) is 89.3 cm³/mol. The van der Waals surface area contributed by atoms with Gasteiger partial charge in [0.05, 0.1) is 14.2 Å². The van der Waals surface area contributed by atoms with Crippen LogP contribution in [0.5, 0.6) is 11.5 Å². The average molecular weight is 376 g/mol. The zero-order valence-electron chi connectivity index (χ0n) is 12.0. The molecule has 0 aliphatic heterocycles. The molecule has 0 fully saturated rings. The van der Waals surface area contributed by atoms with Gasteiger partial charge in [-0.3, -0.25) is 0 Å². The molecule has 2 rings (SSSR count). The molecular weight excluding hydrogens is 358 g/mol. The molecule has 0 aromatic heterocycles. The predicted octanol–water partition coefficient (Wildman–Crippen LogP) is 3.13. The molecule has 0 aliphatic carbocycles. The molecule has 0 radical (unpaired) electrons. The van der Waals surface area contributed by atoms with E-state index in [-0.39, 0.29) is 19.5 Å². The first-order valence-electron chi connectivity index (χ1n) is 5.73. The Balaban J connectivity index is 0.000000364. The second kappa shape index (κ2) is 9.82. The molecule has 0 saturated carbocycles. The minimum Gasteiger partial charge on any atom is -0.497 e. The van der Waals surface area contributed by atoms with Crippen LogP contribution >= 0.6 is 25.3 Å². The number of ether oxygens (including phenoxy) is 2. The smallest absolute Gasteiger partial charge is 0.120 e. The molecule has 4 N–H and O–H groups in total. The van der Waals surface area contributed by atoms with Gasteiger partial charge < -0.3 is 20.9 Å². The normalized spacial score (nSPS) is 8.95. The Labute approximate surface area is 148 Å². The second-order valence-electron chi connectivity index (χ2n) is 3.85. The molecule has 0 saturated heterocycles. The van der Waals surface area contributed by atoms with Gasteiger partial charge in [0.1, 0.15) is 11.5 Å². The van der Waals surface area contributed by atoms with E-state index >= 15 is 0 Å². The Morgan fingerprint density at radius 1 is 0.762 bits per heavy atom. The maximum atomic E-state index is 5.51. The summed E-state index contributed by atoms with van der Waals surface area (Å²) in [6, 6.07) is 10.7. The van der Waals surface area contributed by atoms with Crippen molar-refractivity contribution in [3.05, 3.63) is 36.4 Å². The van der Waals surface area contributed by atoms with Gasteiger partial charge in [-0.05, 0) is 36.4 Å². The summed E-state index contributed by atoms with van der Waals surface area (Å²) in [7, 11) is 3.22. The summed E-state index contributed by atoms with van der Waals surface area (Å²) in [6.45, 7) is 0. The van der Waals surface area contributed by atoms with Gasteiger partial charge in [0.2, 0.25) is 0 Å². The number of nitrogens with two attached hydrogens (primary N) is 2. The molecule has 2 aromatic carbocycles. The van der Waals surface area contributed by atoms with Crippen LogP contribution in [-0.2, 0) is 19.5 Å². The standard InChI is InChI=1S/2C7H9NOS.Zn/c2*1-9-5-2-3-6(8)7(10)4-5;/h2*2-4,10H,8H2,1H3;. The van der Waals surface area contributed by atoms with E-state index in [4.69, 9.17) is 20.9 Å². The average Bonchev–Trinajstić information content (AvgIpc) is 2.45. The molecule has 0 aliphatic rings. The van der Waals surface area contributed by atoms with E-state index in [0.717, 1.165) is 21.3 Å². The molecule has 0 unspecified atom stereocenters. The Kier molecular flexibility index (Phi) is 9.33. The number of thiol groups is 2. The summed E-state index contributed by atoms with van der Waals surface area (Å²) in [5.74, 6) is 1.55. The molecule has 2 aromatic rings. The molecule has 110 valence electrons. The fourth-order valence-corrected chi connectivity index (χ4v) is 1.70. The maximum Gasteiger partial charge on any atom is 0.120 e. The van der Waals surface area contributed by atoms with Gasteiger partial charge in [0.15, 0.2) is 0 Å². The minimum absolute atomic E-state index is 0. The first kappa shape index (κ1) is 20.0. The Bertz CT molecular complexity index is 531. The Hall–Kier alpha value is -1.04. The van der Waals surface area contributed by atoms with E-state index in [1.807, 2.05) is 0 Å². The monoisotopic (exact) mass is 374 g/mol. The van der Waals surface area contributed by atoms with Gasteiger partial charge in [-0.15, -0.1) is 25.3 Å². The van der Waals surface area contributed by atoms with Gasteiger partial charge in [0.25, 0.3) is 0 Å². The number of hydrogen-bond acceptors (Lipinski definition) is 6. The number of methoxy groups -OCH3 is 2. The van der Waals surface area contributed by atoms with Crippen molar-refractivity contribution in [3.8, 4) is 11.5 Å². The van der Waals surface area contributed by atoms with E-state index in [9.17, 15) is 0 Å². The third-order valence-electron chi connectivity index (χ3n) is 2.48. The summed E-state index contributed by atoms with van der Waals surface area (Å²) in [6.07, 6.45) is 0. The number of anilines is 2. The van der Waals surface area contributed by atoms with Crippen molar-refractivity contribution in [2.24, 2.45) is 0 Å². The Morgan fingerprint density at radius 3 is 1.33 bits per heavy atom. The third-order valence-corrected chi connectivity index (χ3v) is 3.25. The summed E-state index contributed by atoms with van der Waals surface area (Å²) >= 11 is 8.23. The SMILES string of the molecule is COc1ccc(N)c(S)c1.COc1ccc(N)c(S)c1.[Zn]. The number of nitrogen functional groups attached to an aromatic ring is 2. The van der Waals surface area contributed by atoms with Crippen LogP contribution in [0.25, 0.3) is 0 Å². The van der Waals surface area contributed by atoms with Crippen LogP contribution in [0, 0.1) is 0 Å². The van der Waals surface area contributed by atoms with E-state index in [1.165, 1.54) is 0 Å². The molecule has 0 heterocycles. The zero-order valence-corrected chi connectivity index (χ0v) is 16.8. The van der Waals surface area contributed by atoms with Crippen molar-refractivity contribution < 1.29 is 29.0 Å². The molecule has 7 heteroatoms. The van der Waals surface area contributed by atoms with Crippen molar-refractivity contribution >= 4 is 36.6 Å². The van der Waals surface area contributed by atoms with E-state index in [1.54, 1.807) is 50.6 Å².